The molecule has 4 nitrogen and oxygen atoms in total. The first-order chi connectivity index (χ1) is 14.0. The molecule has 1 N–H and O–H groups in total. The van der Waals surface area contributed by atoms with Crippen LogP contribution in [-0.4, -0.2) is 42.2 Å². The molecule has 2 fully saturated rings. The van der Waals surface area contributed by atoms with Gasteiger partial charge in [-0.2, -0.15) is 0 Å². The second-order valence-electron chi connectivity index (χ2n) is 9.20. The molecule has 0 radical (unpaired) electrons. The van der Waals surface area contributed by atoms with Crippen molar-refractivity contribution in [2.75, 3.05) is 26.2 Å². The lowest BCUT2D eigenvalue weighted by atomic mass is 9.76. The molecule has 5 rings (SSSR count). The monoisotopic (exact) mass is 395 g/mol. The van der Waals surface area contributed by atoms with E-state index in [0.29, 0.717) is 25.1 Å². The number of hydrogen-bond acceptors (Lipinski definition) is 3. The Labute approximate surface area is 170 Å². The van der Waals surface area contributed by atoms with Gasteiger partial charge in [0, 0.05) is 31.5 Å². The van der Waals surface area contributed by atoms with Crippen LogP contribution in [0.15, 0.2) is 42.5 Å². The fourth-order valence-electron chi connectivity index (χ4n) is 5.14. The number of carboxylic acid groups (broad SMARTS) is 1. The van der Waals surface area contributed by atoms with Crippen molar-refractivity contribution >= 4 is 5.97 Å². The van der Waals surface area contributed by atoms with Crippen LogP contribution in [0.5, 0.6) is 5.75 Å². The SMILES string of the molecule is O=C(O)C1(CN2CC3(Cc4ccc(OCCc5ccccc5F)cc4C3)C2)CC1. The van der Waals surface area contributed by atoms with Gasteiger partial charge in [-0.3, -0.25) is 4.79 Å². The molecule has 0 bridgehead atoms. The Kier molecular flexibility index (Phi) is 4.39. The minimum absolute atomic E-state index is 0.183. The first-order valence-electron chi connectivity index (χ1n) is 10.4. The Hall–Kier alpha value is -2.40. The summed E-state index contributed by atoms with van der Waals surface area (Å²) in [5, 5.41) is 9.40. The van der Waals surface area contributed by atoms with E-state index in [1.165, 1.54) is 17.2 Å². The van der Waals surface area contributed by atoms with Gasteiger partial charge in [0.2, 0.25) is 0 Å². The van der Waals surface area contributed by atoms with Crippen LogP contribution in [0.25, 0.3) is 0 Å². The van der Waals surface area contributed by atoms with Crippen molar-refractivity contribution in [3.8, 4) is 5.75 Å². The number of fused-ring (bicyclic) bond motifs is 1. The molecule has 29 heavy (non-hydrogen) atoms. The van der Waals surface area contributed by atoms with Crippen molar-refractivity contribution in [2.45, 2.75) is 32.1 Å². The summed E-state index contributed by atoms with van der Waals surface area (Å²) in [5.41, 5.74) is 3.20. The number of carbonyl (C=O) groups is 1. The summed E-state index contributed by atoms with van der Waals surface area (Å²) in [6.45, 7) is 3.13. The molecule has 5 heteroatoms. The van der Waals surface area contributed by atoms with Crippen molar-refractivity contribution in [1.29, 1.82) is 0 Å². The van der Waals surface area contributed by atoms with Gasteiger partial charge in [0.15, 0.2) is 0 Å². The van der Waals surface area contributed by atoms with Gasteiger partial charge in [-0.05, 0) is 60.6 Å². The highest BCUT2D eigenvalue weighted by Crippen LogP contribution is 2.51. The summed E-state index contributed by atoms with van der Waals surface area (Å²) >= 11 is 0. The second-order valence-corrected chi connectivity index (χ2v) is 9.20. The number of carboxylic acids is 1. The van der Waals surface area contributed by atoms with Crippen LogP contribution in [0.4, 0.5) is 4.39 Å². The van der Waals surface area contributed by atoms with Crippen molar-refractivity contribution < 1.29 is 19.0 Å². The fourth-order valence-corrected chi connectivity index (χ4v) is 5.14. The highest BCUT2D eigenvalue weighted by molar-refractivity contribution is 5.78. The molecule has 0 amide bonds. The maximum atomic E-state index is 13.7. The van der Waals surface area contributed by atoms with E-state index >= 15 is 0 Å². The van der Waals surface area contributed by atoms with Crippen LogP contribution < -0.4 is 4.74 Å². The lowest BCUT2D eigenvalue weighted by molar-refractivity contribution is -0.145. The molecular weight excluding hydrogens is 369 g/mol. The number of halogens is 1. The molecule has 1 heterocycles. The first-order valence-corrected chi connectivity index (χ1v) is 10.4. The number of hydrogen-bond donors (Lipinski definition) is 1. The van der Waals surface area contributed by atoms with E-state index in [1.807, 2.05) is 12.1 Å². The average molecular weight is 395 g/mol. The predicted octanol–water partition coefficient (Wildman–Crippen LogP) is 3.71. The zero-order chi connectivity index (χ0) is 20.1. The smallest absolute Gasteiger partial charge is 0.310 e. The first kappa shape index (κ1) is 18.6. The molecule has 0 unspecified atom stereocenters. The van der Waals surface area contributed by atoms with Gasteiger partial charge in [0.25, 0.3) is 0 Å². The van der Waals surface area contributed by atoms with Crippen molar-refractivity contribution in [1.82, 2.24) is 4.90 Å². The van der Waals surface area contributed by atoms with Gasteiger partial charge in [0.05, 0.1) is 12.0 Å². The molecule has 2 aromatic rings. The molecule has 2 aliphatic carbocycles. The zero-order valence-electron chi connectivity index (χ0n) is 16.5. The Morgan fingerprint density at radius 1 is 1.10 bits per heavy atom. The van der Waals surface area contributed by atoms with Gasteiger partial charge in [0.1, 0.15) is 11.6 Å². The predicted molar refractivity (Wildman–Crippen MR) is 108 cm³/mol. The summed E-state index contributed by atoms with van der Waals surface area (Å²) < 4.78 is 19.6. The van der Waals surface area contributed by atoms with Crippen LogP contribution in [0, 0.1) is 16.6 Å². The highest BCUT2D eigenvalue weighted by Gasteiger charge is 2.55. The summed E-state index contributed by atoms with van der Waals surface area (Å²) in [5.74, 6) is 0.0267. The van der Waals surface area contributed by atoms with E-state index in [-0.39, 0.29) is 11.2 Å². The van der Waals surface area contributed by atoms with Crippen molar-refractivity contribution in [3.05, 3.63) is 65.0 Å². The molecule has 3 aliphatic rings. The van der Waals surface area contributed by atoms with Gasteiger partial charge in [-0.25, -0.2) is 4.39 Å². The molecule has 1 saturated heterocycles. The number of likely N-dealkylation sites (tertiary alicyclic amines) is 1. The fraction of sp³-hybridized carbons (Fsp3) is 0.458. The van der Waals surface area contributed by atoms with E-state index < -0.39 is 11.4 Å². The van der Waals surface area contributed by atoms with E-state index in [1.54, 1.807) is 12.1 Å². The van der Waals surface area contributed by atoms with E-state index in [4.69, 9.17) is 4.74 Å². The zero-order valence-corrected chi connectivity index (χ0v) is 16.5. The standard InChI is InChI=1S/C24H26FNO3/c25-21-4-2-1-3-17(21)7-10-29-20-6-5-18-12-23(13-19(18)11-20)14-26(15-23)16-24(8-9-24)22(27)28/h1-6,11H,7-10,12-16H2,(H,27,28). The normalized spacial score (nSPS) is 20.9. The van der Waals surface area contributed by atoms with E-state index in [9.17, 15) is 14.3 Å². The van der Waals surface area contributed by atoms with Gasteiger partial charge in [-0.1, -0.05) is 24.3 Å². The molecule has 0 atom stereocenters. The molecule has 1 saturated carbocycles. The second kappa shape index (κ2) is 6.84. The van der Waals surface area contributed by atoms with Crippen LogP contribution in [0.2, 0.25) is 0 Å². The number of rotatable bonds is 7. The largest absolute Gasteiger partial charge is 0.493 e. The summed E-state index contributed by atoms with van der Waals surface area (Å²) in [6.07, 6.45) is 4.28. The van der Waals surface area contributed by atoms with E-state index in [0.717, 1.165) is 44.5 Å². The van der Waals surface area contributed by atoms with Gasteiger partial charge < -0.3 is 14.7 Å². The molecular formula is C24H26FNO3. The Morgan fingerprint density at radius 2 is 1.86 bits per heavy atom. The molecule has 0 aromatic heterocycles. The van der Waals surface area contributed by atoms with Crippen LogP contribution in [0.3, 0.4) is 0 Å². The molecule has 2 aromatic carbocycles. The number of benzene rings is 2. The quantitative estimate of drug-likeness (QED) is 0.777. The minimum Gasteiger partial charge on any atom is -0.493 e. The maximum Gasteiger partial charge on any atom is 0.310 e. The van der Waals surface area contributed by atoms with Crippen LogP contribution >= 0.6 is 0 Å². The summed E-state index contributed by atoms with van der Waals surface area (Å²) in [7, 11) is 0. The topological polar surface area (TPSA) is 49.8 Å². The number of ether oxygens (including phenoxy) is 1. The molecule has 152 valence electrons. The Bertz CT molecular complexity index is 947. The third-order valence-corrected chi connectivity index (χ3v) is 6.86. The summed E-state index contributed by atoms with van der Waals surface area (Å²) in [6, 6.07) is 13.1. The lowest BCUT2D eigenvalue weighted by Crippen LogP contribution is -2.58. The molecule has 1 spiro atoms. The number of aliphatic carboxylic acids is 1. The Balaban J connectivity index is 1.15. The average Bonchev–Trinajstić information content (AvgIpc) is 3.35. The Morgan fingerprint density at radius 3 is 2.59 bits per heavy atom. The maximum absolute atomic E-state index is 13.7. The third kappa shape index (κ3) is 3.52. The summed E-state index contributed by atoms with van der Waals surface area (Å²) in [4.78, 5) is 13.7. The van der Waals surface area contributed by atoms with Gasteiger partial charge >= 0.3 is 5.97 Å². The minimum atomic E-state index is -0.634. The van der Waals surface area contributed by atoms with E-state index in [2.05, 4.69) is 17.0 Å². The number of nitrogens with zero attached hydrogens (tertiary/aromatic N) is 1. The molecule has 1 aliphatic heterocycles. The van der Waals surface area contributed by atoms with Crippen LogP contribution in [0.1, 0.15) is 29.5 Å². The van der Waals surface area contributed by atoms with Gasteiger partial charge in [-0.15, -0.1) is 0 Å². The highest BCUT2D eigenvalue weighted by atomic mass is 19.1. The lowest BCUT2D eigenvalue weighted by Gasteiger charge is -2.49. The van der Waals surface area contributed by atoms with Crippen molar-refractivity contribution in [3.63, 3.8) is 0 Å². The third-order valence-electron chi connectivity index (χ3n) is 6.86. The van der Waals surface area contributed by atoms with Crippen LogP contribution in [-0.2, 0) is 24.1 Å². The van der Waals surface area contributed by atoms with Crippen molar-refractivity contribution in [2.24, 2.45) is 10.8 Å².